The molecular formula is C16H27ClN2O2. The van der Waals surface area contributed by atoms with Crippen molar-refractivity contribution in [3.8, 4) is 5.75 Å². The number of ether oxygens (including phenoxy) is 1. The van der Waals surface area contributed by atoms with Gasteiger partial charge in [-0.15, -0.1) is 12.4 Å². The molecular weight excluding hydrogens is 288 g/mol. The summed E-state index contributed by atoms with van der Waals surface area (Å²) < 4.78 is 5.71. The van der Waals surface area contributed by atoms with E-state index in [4.69, 9.17) is 4.74 Å². The smallest absolute Gasteiger partial charge is 0.260 e. The summed E-state index contributed by atoms with van der Waals surface area (Å²) in [5, 5.41) is 3.02. The molecule has 1 N–H and O–H groups in total. The van der Waals surface area contributed by atoms with E-state index in [0.29, 0.717) is 6.54 Å². The Labute approximate surface area is 134 Å². The van der Waals surface area contributed by atoms with Gasteiger partial charge in [0.05, 0.1) is 0 Å². The fourth-order valence-corrected chi connectivity index (χ4v) is 1.87. The summed E-state index contributed by atoms with van der Waals surface area (Å²) in [4.78, 5) is 13.6. The number of likely N-dealkylation sites (N-methyl/N-ethyl adjacent to an activating group) is 2. The van der Waals surface area contributed by atoms with Crippen molar-refractivity contribution >= 4 is 18.3 Å². The van der Waals surface area contributed by atoms with Gasteiger partial charge >= 0.3 is 0 Å². The van der Waals surface area contributed by atoms with Crippen LogP contribution in [0.25, 0.3) is 0 Å². The first kappa shape index (κ1) is 19.7. The molecule has 0 radical (unpaired) electrons. The molecule has 1 aromatic carbocycles. The lowest BCUT2D eigenvalue weighted by atomic mass is 9.86. The second kappa shape index (κ2) is 8.90. The lowest BCUT2D eigenvalue weighted by molar-refractivity contribution is -0.132. The van der Waals surface area contributed by atoms with Gasteiger partial charge in [0, 0.05) is 20.1 Å². The third-order valence-electron chi connectivity index (χ3n) is 3.17. The summed E-state index contributed by atoms with van der Waals surface area (Å²) in [5.41, 5.74) is 1.11. The zero-order valence-electron chi connectivity index (χ0n) is 13.6. The number of hydrogen-bond acceptors (Lipinski definition) is 3. The van der Waals surface area contributed by atoms with Crippen LogP contribution in [0, 0.1) is 0 Å². The number of hydrogen-bond donors (Lipinski definition) is 1. The summed E-state index contributed by atoms with van der Waals surface area (Å²) >= 11 is 0. The summed E-state index contributed by atoms with van der Waals surface area (Å²) in [6.45, 7) is 7.94. The SMILES string of the molecule is CNCCN(C)C(=O)COc1ccccc1C(C)(C)C.Cl. The second-order valence-electron chi connectivity index (χ2n) is 5.95. The van der Waals surface area contributed by atoms with Crippen LogP contribution in [-0.2, 0) is 10.2 Å². The van der Waals surface area contributed by atoms with Crippen molar-refractivity contribution in [2.45, 2.75) is 26.2 Å². The molecule has 0 aliphatic heterocycles. The van der Waals surface area contributed by atoms with Crippen LogP contribution in [0.2, 0.25) is 0 Å². The maximum Gasteiger partial charge on any atom is 0.260 e. The van der Waals surface area contributed by atoms with Gasteiger partial charge in [-0.05, 0) is 24.1 Å². The predicted octanol–water partition coefficient (Wildman–Crippen LogP) is 2.46. The van der Waals surface area contributed by atoms with Crippen molar-refractivity contribution in [2.24, 2.45) is 0 Å². The lowest BCUT2D eigenvalue weighted by Crippen LogP contribution is -2.36. The van der Waals surface area contributed by atoms with Crippen molar-refractivity contribution in [3.63, 3.8) is 0 Å². The Bertz CT molecular complexity index is 444. The number of carbonyl (C=O) groups excluding carboxylic acids is 1. The van der Waals surface area contributed by atoms with Crippen LogP contribution in [0.15, 0.2) is 24.3 Å². The Morgan fingerprint density at radius 3 is 2.48 bits per heavy atom. The molecule has 0 saturated heterocycles. The van der Waals surface area contributed by atoms with Gasteiger partial charge in [0.1, 0.15) is 5.75 Å². The molecule has 0 bridgehead atoms. The molecule has 0 aromatic heterocycles. The zero-order valence-corrected chi connectivity index (χ0v) is 14.4. The van der Waals surface area contributed by atoms with Crippen LogP contribution in [0.1, 0.15) is 26.3 Å². The van der Waals surface area contributed by atoms with E-state index in [9.17, 15) is 4.79 Å². The molecule has 5 heteroatoms. The molecule has 0 spiro atoms. The van der Waals surface area contributed by atoms with E-state index in [-0.39, 0.29) is 30.3 Å². The fraction of sp³-hybridized carbons (Fsp3) is 0.562. The zero-order chi connectivity index (χ0) is 15.2. The minimum atomic E-state index is -0.0102. The van der Waals surface area contributed by atoms with Gasteiger partial charge in [0.15, 0.2) is 6.61 Å². The Kier molecular flexibility index (Phi) is 8.37. The van der Waals surface area contributed by atoms with Crippen LogP contribution in [0.4, 0.5) is 0 Å². The van der Waals surface area contributed by atoms with Gasteiger partial charge < -0.3 is 15.0 Å². The van der Waals surface area contributed by atoms with E-state index in [0.717, 1.165) is 17.9 Å². The number of amides is 1. The quantitative estimate of drug-likeness (QED) is 0.877. The maximum atomic E-state index is 12.0. The number of nitrogens with zero attached hydrogens (tertiary/aromatic N) is 1. The number of rotatable bonds is 6. The van der Waals surface area contributed by atoms with Gasteiger partial charge in [0.25, 0.3) is 5.91 Å². The average Bonchev–Trinajstić information content (AvgIpc) is 2.41. The molecule has 0 fully saturated rings. The van der Waals surface area contributed by atoms with Crippen LogP contribution >= 0.6 is 12.4 Å². The molecule has 1 amide bonds. The minimum Gasteiger partial charge on any atom is -0.483 e. The van der Waals surface area contributed by atoms with Gasteiger partial charge in [-0.2, -0.15) is 0 Å². The predicted molar refractivity (Wildman–Crippen MR) is 89.4 cm³/mol. The van der Waals surface area contributed by atoms with Crippen molar-refractivity contribution in [1.82, 2.24) is 10.2 Å². The average molecular weight is 315 g/mol. The molecule has 1 aromatic rings. The minimum absolute atomic E-state index is 0. The second-order valence-corrected chi connectivity index (χ2v) is 5.95. The normalized spacial score (nSPS) is 10.7. The lowest BCUT2D eigenvalue weighted by Gasteiger charge is -2.23. The summed E-state index contributed by atoms with van der Waals surface area (Å²) in [6.07, 6.45) is 0. The molecule has 1 rings (SSSR count). The summed E-state index contributed by atoms with van der Waals surface area (Å²) in [7, 11) is 3.66. The Morgan fingerprint density at radius 1 is 1.29 bits per heavy atom. The first-order chi connectivity index (χ1) is 9.36. The number of benzene rings is 1. The molecule has 0 unspecified atom stereocenters. The van der Waals surface area contributed by atoms with E-state index in [1.54, 1.807) is 11.9 Å². The number of para-hydroxylation sites is 1. The third-order valence-corrected chi connectivity index (χ3v) is 3.17. The first-order valence-electron chi connectivity index (χ1n) is 6.97. The molecule has 0 saturated carbocycles. The summed E-state index contributed by atoms with van der Waals surface area (Å²) in [5.74, 6) is 0.777. The van der Waals surface area contributed by atoms with Crippen molar-refractivity contribution in [3.05, 3.63) is 29.8 Å². The molecule has 0 aliphatic carbocycles. The Hall–Kier alpha value is -1.26. The van der Waals surface area contributed by atoms with Gasteiger partial charge in [-0.25, -0.2) is 0 Å². The highest BCUT2D eigenvalue weighted by Crippen LogP contribution is 2.30. The monoisotopic (exact) mass is 314 g/mol. The Balaban J connectivity index is 0.00000400. The van der Waals surface area contributed by atoms with Crippen LogP contribution in [-0.4, -0.2) is 44.6 Å². The van der Waals surface area contributed by atoms with Crippen LogP contribution in [0.5, 0.6) is 5.75 Å². The van der Waals surface area contributed by atoms with Crippen molar-refractivity contribution in [2.75, 3.05) is 33.8 Å². The van der Waals surface area contributed by atoms with Crippen molar-refractivity contribution < 1.29 is 9.53 Å². The summed E-state index contributed by atoms with van der Waals surface area (Å²) in [6, 6.07) is 7.89. The number of halogens is 1. The third kappa shape index (κ3) is 6.36. The van der Waals surface area contributed by atoms with Crippen LogP contribution in [0.3, 0.4) is 0 Å². The number of carbonyl (C=O) groups is 1. The molecule has 4 nitrogen and oxygen atoms in total. The van der Waals surface area contributed by atoms with Gasteiger partial charge in [-0.3, -0.25) is 4.79 Å². The highest BCUT2D eigenvalue weighted by atomic mass is 35.5. The van der Waals surface area contributed by atoms with E-state index in [2.05, 4.69) is 26.1 Å². The maximum absolute atomic E-state index is 12.0. The van der Waals surface area contributed by atoms with E-state index < -0.39 is 0 Å². The van der Waals surface area contributed by atoms with Gasteiger partial charge in [-0.1, -0.05) is 39.0 Å². The molecule has 21 heavy (non-hydrogen) atoms. The molecule has 0 heterocycles. The first-order valence-corrected chi connectivity index (χ1v) is 6.97. The largest absolute Gasteiger partial charge is 0.483 e. The fourth-order valence-electron chi connectivity index (χ4n) is 1.87. The van der Waals surface area contributed by atoms with E-state index in [1.165, 1.54) is 0 Å². The molecule has 0 atom stereocenters. The van der Waals surface area contributed by atoms with E-state index in [1.807, 2.05) is 31.3 Å². The van der Waals surface area contributed by atoms with Crippen molar-refractivity contribution in [1.29, 1.82) is 0 Å². The van der Waals surface area contributed by atoms with Crippen LogP contribution < -0.4 is 10.1 Å². The highest BCUT2D eigenvalue weighted by Gasteiger charge is 2.19. The highest BCUT2D eigenvalue weighted by molar-refractivity contribution is 5.85. The van der Waals surface area contributed by atoms with Gasteiger partial charge in [0.2, 0.25) is 0 Å². The standard InChI is InChI=1S/C16H26N2O2.ClH/c1-16(2,3)13-8-6-7-9-14(13)20-12-15(19)18(5)11-10-17-4;/h6-9,17H,10-12H2,1-5H3;1H. The number of nitrogens with one attached hydrogen (secondary N) is 1. The van der Waals surface area contributed by atoms with E-state index >= 15 is 0 Å². The molecule has 0 aliphatic rings. The molecule has 120 valence electrons. The topological polar surface area (TPSA) is 41.6 Å². The Morgan fingerprint density at radius 2 is 1.90 bits per heavy atom.